The maximum atomic E-state index is 15.9. The van der Waals surface area contributed by atoms with Gasteiger partial charge in [0.05, 0.1) is 73.7 Å². The Kier molecular flexibility index (Phi) is 45.5. The van der Waals surface area contributed by atoms with Gasteiger partial charge in [-0.1, -0.05) is 232 Å². The predicted molar refractivity (Wildman–Crippen MR) is 547 cm³/mol. The second-order valence-electron chi connectivity index (χ2n) is 37.8. The molecule has 15 unspecified atom stereocenters. The maximum Gasteiger partial charge on any atom is 0.362 e. The van der Waals surface area contributed by atoms with Crippen LogP contribution in [0.5, 0.6) is 11.5 Å². The molecule has 6 N–H and O–H groups in total. The molecule has 0 aromatic heterocycles. The fraction of sp³-hybridized carbons (Fsp3) is 0.405. The Bertz CT molecular complexity index is 5680. The number of nitrogens with two attached hydrogens (primary N) is 1. The summed E-state index contributed by atoms with van der Waals surface area (Å²) in [6, 6.07) is 71.8. The number of unbranched alkanes of at least 4 members (excludes halogenated alkanes) is 1. The number of ketones is 4. The number of carbonyl (C=O) groups is 14. The number of carbonyl (C=O) groups excluding carboxylic acids is 12. The number of aliphatic hydroxyl groups is 1. The average Bonchev–Trinajstić information content (AvgIpc) is 1.59. The molecule has 764 valence electrons. The van der Waals surface area contributed by atoms with Gasteiger partial charge in [-0.05, 0) is 240 Å². The number of nitrogens with zero attached hydrogens (tertiary/aromatic N) is 4. The number of amides is 3. The number of carboxylic acid groups (broad SMARTS) is 2. The minimum atomic E-state index is -1.60. The van der Waals surface area contributed by atoms with Crippen molar-refractivity contribution in [3.63, 3.8) is 0 Å². The van der Waals surface area contributed by atoms with E-state index in [4.69, 9.17) is 29.8 Å². The quantitative estimate of drug-likeness (QED) is 0.00449. The third-order valence-corrected chi connectivity index (χ3v) is 26.8. The normalized spacial score (nSPS) is 17.8. The van der Waals surface area contributed by atoms with Gasteiger partial charge < -0.3 is 64.8 Å². The Morgan fingerprint density at radius 1 is 0.438 bits per heavy atom. The number of aliphatic hydroxyl groups excluding tert-OH is 1. The number of imide groups is 1. The van der Waals surface area contributed by atoms with Crippen molar-refractivity contribution in [3.05, 3.63) is 317 Å². The summed E-state index contributed by atoms with van der Waals surface area (Å²) in [6.07, 6.45) is 2.79. The molecule has 0 aliphatic carbocycles. The average molecular weight is 1970 g/mol. The third kappa shape index (κ3) is 32.9. The van der Waals surface area contributed by atoms with Crippen LogP contribution in [-0.4, -0.2) is 226 Å². The van der Waals surface area contributed by atoms with Crippen LogP contribution in [0.1, 0.15) is 201 Å². The van der Waals surface area contributed by atoms with E-state index in [9.17, 15) is 58.2 Å². The lowest BCUT2D eigenvalue weighted by molar-refractivity contribution is -0.160. The third-order valence-electron chi connectivity index (χ3n) is 26.8. The fourth-order valence-corrected chi connectivity index (χ4v) is 19.2. The summed E-state index contributed by atoms with van der Waals surface area (Å²) < 4.78 is 27.1. The molecule has 0 radical (unpaired) electrons. The van der Waals surface area contributed by atoms with Gasteiger partial charge >= 0.3 is 41.8 Å². The van der Waals surface area contributed by atoms with Crippen LogP contribution in [0.15, 0.2) is 249 Å². The van der Waals surface area contributed by atoms with E-state index in [-0.39, 0.29) is 107 Å². The van der Waals surface area contributed by atoms with E-state index in [0.29, 0.717) is 81.9 Å². The van der Waals surface area contributed by atoms with Crippen LogP contribution in [0.25, 0.3) is 0 Å². The van der Waals surface area contributed by atoms with Gasteiger partial charge in [0.25, 0.3) is 0 Å². The SMILES string of the molecule is CCC(c1ccccc1)C(C(=O)OCCOc1ccc(C(=O)CC(=O)c2ccc(C)cc2)cc1)C(CC(c1ccccc1)C1C(=O)N(CCCN(C)C)C(=O)C1CC(c1ccccc1)C(C(=O)NCCCN(C)C)C(CC(c1ccccc1)C1C(=O)OC(=O)C1C)C(=O)O)C(=O)O.CN(C)CCCCN.Cc1ccc(C(=O)CC(=O)c2ccc(OCCO)cc2)cc1.[CH2+]C1C(=O)OC(=O)C1C(CC)c1ccccc1. The number of aryl methyl sites for hydroxylation is 2. The van der Waals surface area contributed by atoms with E-state index in [2.05, 4.69) is 36.0 Å². The molecule has 3 amide bonds. The number of ether oxygens (including phenoxy) is 5. The molecule has 15 atom stereocenters. The molecule has 3 aliphatic rings. The van der Waals surface area contributed by atoms with E-state index in [1.165, 1.54) is 23.5 Å². The van der Waals surface area contributed by atoms with E-state index in [1.54, 1.807) is 189 Å². The van der Waals surface area contributed by atoms with Gasteiger partial charge in [-0.3, -0.25) is 67.2 Å². The van der Waals surface area contributed by atoms with Crippen LogP contribution >= 0.6 is 0 Å². The van der Waals surface area contributed by atoms with Gasteiger partial charge in [0.15, 0.2) is 23.1 Å². The van der Waals surface area contributed by atoms with E-state index in [1.807, 2.05) is 120 Å². The van der Waals surface area contributed by atoms with Gasteiger partial charge in [0.1, 0.15) is 37.2 Å². The largest absolute Gasteiger partial charge is 0.491 e. The fourth-order valence-electron chi connectivity index (χ4n) is 19.2. The summed E-state index contributed by atoms with van der Waals surface area (Å²) in [4.78, 5) is 199. The molecule has 3 saturated heterocycles. The van der Waals surface area contributed by atoms with Gasteiger partial charge in [0.2, 0.25) is 23.6 Å². The lowest BCUT2D eigenvalue weighted by Crippen LogP contribution is -2.44. The van der Waals surface area contributed by atoms with Crippen molar-refractivity contribution in [2.45, 2.75) is 135 Å². The van der Waals surface area contributed by atoms with E-state index < -0.39 is 142 Å². The van der Waals surface area contributed by atoms with Gasteiger partial charge in [0, 0.05) is 41.3 Å². The molecule has 28 nitrogen and oxygen atoms in total. The molecule has 3 fully saturated rings. The first-order chi connectivity index (χ1) is 69.1. The number of carboxylic acids is 2. The van der Waals surface area contributed by atoms with Crippen molar-refractivity contribution in [1.29, 1.82) is 0 Å². The number of hydrogen-bond acceptors (Lipinski definition) is 24. The predicted octanol–water partition coefficient (Wildman–Crippen LogP) is 16.1. The highest BCUT2D eigenvalue weighted by atomic mass is 16.6. The lowest BCUT2D eigenvalue weighted by Gasteiger charge is -2.37. The van der Waals surface area contributed by atoms with Gasteiger partial charge in [-0.15, -0.1) is 0 Å². The van der Waals surface area contributed by atoms with Crippen LogP contribution in [0.2, 0.25) is 0 Å². The van der Waals surface area contributed by atoms with Crippen LogP contribution in [-0.2, 0) is 62.2 Å². The van der Waals surface area contributed by atoms with Crippen molar-refractivity contribution in [1.82, 2.24) is 24.9 Å². The first kappa shape index (κ1) is 114. The Labute approximate surface area is 845 Å². The molecule has 9 aromatic rings. The Balaban J connectivity index is 0.000000394. The molecule has 0 bridgehead atoms. The number of cyclic esters (lactones) is 4. The van der Waals surface area contributed by atoms with E-state index in [0.717, 1.165) is 42.6 Å². The summed E-state index contributed by atoms with van der Waals surface area (Å²) in [7, 11) is 11.6. The molecule has 0 spiro atoms. The molecule has 0 saturated carbocycles. The molecular formula is C116H139N6O22+. The smallest absolute Gasteiger partial charge is 0.362 e. The zero-order chi connectivity index (χ0) is 105. The number of benzene rings is 9. The highest BCUT2D eigenvalue weighted by molar-refractivity contribution is 6.14. The van der Waals surface area contributed by atoms with Crippen LogP contribution in [0.3, 0.4) is 0 Å². The Morgan fingerprint density at radius 2 is 0.826 bits per heavy atom. The molecule has 28 heteroatoms. The number of likely N-dealkylation sites (tertiary alicyclic amines) is 1. The number of nitrogens with one attached hydrogen (secondary N) is 1. The maximum absolute atomic E-state index is 15.9. The zero-order valence-electron chi connectivity index (χ0n) is 84.4. The van der Waals surface area contributed by atoms with Gasteiger partial charge in [-0.2, -0.15) is 0 Å². The van der Waals surface area contributed by atoms with Crippen LogP contribution in [0.4, 0.5) is 0 Å². The molecule has 3 aliphatic heterocycles. The van der Waals surface area contributed by atoms with Crippen molar-refractivity contribution >= 4 is 82.6 Å². The first-order valence-corrected chi connectivity index (χ1v) is 49.4. The minimum absolute atomic E-state index is 0.00218. The molecule has 9 aromatic carbocycles. The monoisotopic (exact) mass is 1970 g/mol. The van der Waals surface area contributed by atoms with Gasteiger partial charge in [-0.25, -0.2) is 4.79 Å². The number of rotatable bonds is 51. The van der Waals surface area contributed by atoms with Crippen molar-refractivity contribution in [2.24, 2.45) is 64.9 Å². The van der Waals surface area contributed by atoms with E-state index >= 15 is 19.2 Å². The minimum Gasteiger partial charge on any atom is -0.491 e. The lowest BCUT2D eigenvalue weighted by atomic mass is 9.64. The Hall–Kier alpha value is -13.8. The Morgan fingerprint density at radius 3 is 1.22 bits per heavy atom. The van der Waals surface area contributed by atoms with Crippen molar-refractivity contribution < 1.29 is 106 Å². The molecule has 144 heavy (non-hydrogen) atoms. The standard InChI is InChI=1S/C78H90N4O15.C18H18O4.C14H15O3.C6H16N2/c1-8-58(51-23-13-9-14-24-51)70(77(93)96-44-43-95-57-37-35-56(36-38-57)66(84)48-65(83)55-33-31-49(2)32-34-55)64(75(90)91)47-61(54-29-19-12-20-30-54)69-62(72(86)82(73(69)87)42-22-41-81(6)7)45-60(53-27-17-11-18-28-53)68(71(85)79-39-21-40-80(4)5)63(74(88)89)46-59(52-25-15-10-16-26-52)67-50(3)76(92)97-78(67)94;1-13-2-4-14(5-3-13)17(20)12-18(21)15-6-8-16(9-7-15)22-11-10-19;1-3-11(10-7-5-4-6-8-10)12-9(2)13(15)17-14(12)16;1-8(2)6-4-3-5-7/h9-20,23-38,50,58-64,67-70H,8,21-22,39-48H2,1-7H3,(H,79,85)(H,88,89)(H,90,91);2-9,19H,10-12H2,1H3;4-9,11-12H,2-3H2,1H3;3-7H2,1-2H3/q;;+1;. The molecular weight excluding hydrogens is 1830 g/mol. The highest BCUT2D eigenvalue weighted by Crippen LogP contribution is 2.52. The summed E-state index contributed by atoms with van der Waals surface area (Å²) in [6.45, 7) is 15.8. The number of Topliss-reactive ketones (excluding diaryl/α,β-unsaturated/α-hetero) is 4. The molecule has 3 heterocycles. The summed E-state index contributed by atoms with van der Waals surface area (Å²) in [5.41, 5.74) is 12.3. The highest BCUT2D eigenvalue weighted by Gasteiger charge is 2.57. The zero-order valence-corrected chi connectivity index (χ0v) is 84.4. The van der Waals surface area contributed by atoms with Crippen LogP contribution in [0, 0.1) is 80.0 Å². The van der Waals surface area contributed by atoms with Crippen molar-refractivity contribution in [2.75, 3.05) is 108 Å². The number of hydrogen-bond donors (Lipinski definition) is 5. The second-order valence-corrected chi connectivity index (χ2v) is 37.8. The van der Waals surface area contributed by atoms with Crippen LogP contribution < -0.4 is 20.5 Å². The second kappa shape index (κ2) is 57.5. The summed E-state index contributed by atoms with van der Waals surface area (Å²) in [5.74, 6) is -24.0. The number of aliphatic carboxylic acids is 2. The summed E-state index contributed by atoms with van der Waals surface area (Å²) >= 11 is 0. The first-order valence-electron chi connectivity index (χ1n) is 49.4. The number of esters is 5. The summed E-state index contributed by atoms with van der Waals surface area (Å²) in [5, 5.41) is 35.2. The topological polar surface area (TPSA) is 397 Å². The molecule has 12 rings (SSSR count). The van der Waals surface area contributed by atoms with Crippen molar-refractivity contribution in [3.8, 4) is 11.5 Å².